The van der Waals surface area contributed by atoms with E-state index < -0.39 is 0 Å². The van der Waals surface area contributed by atoms with Gasteiger partial charge in [0, 0.05) is 25.7 Å². The monoisotopic (exact) mass is 254 g/mol. The van der Waals surface area contributed by atoms with Crippen molar-refractivity contribution in [3.05, 3.63) is 0 Å². The van der Waals surface area contributed by atoms with E-state index in [0.29, 0.717) is 6.42 Å². The van der Waals surface area contributed by atoms with Gasteiger partial charge < -0.3 is 14.5 Å². The SMILES string of the molecule is COC(=O)CC1CCCCN1C(=O)N1CCCC1. The van der Waals surface area contributed by atoms with Crippen LogP contribution in [-0.2, 0) is 9.53 Å². The van der Waals surface area contributed by atoms with Gasteiger partial charge in [-0.1, -0.05) is 0 Å². The van der Waals surface area contributed by atoms with Gasteiger partial charge >= 0.3 is 12.0 Å². The van der Waals surface area contributed by atoms with E-state index in [9.17, 15) is 9.59 Å². The van der Waals surface area contributed by atoms with Crippen LogP contribution in [0, 0.1) is 0 Å². The van der Waals surface area contributed by atoms with Crippen LogP contribution in [0.5, 0.6) is 0 Å². The van der Waals surface area contributed by atoms with Crippen molar-refractivity contribution < 1.29 is 14.3 Å². The fourth-order valence-electron chi connectivity index (χ4n) is 2.83. The molecule has 18 heavy (non-hydrogen) atoms. The van der Waals surface area contributed by atoms with E-state index in [1.807, 2.05) is 9.80 Å². The first kappa shape index (κ1) is 13.2. The molecule has 0 aromatic rings. The standard InChI is InChI=1S/C13H22N2O3/c1-18-12(16)10-11-6-2-3-9-15(11)13(17)14-7-4-5-8-14/h11H,2-10H2,1H3. The van der Waals surface area contributed by atoms with Crippen LogP contribution in [-0.4, -0.2) is 54.6 Å². The molecule has 2 aliphatic rings. The van der Waals surface area contributed by atoms with Gasteiger partial charge in [-0.25, -0.2) is 4.79 Å². The number of methoxy groups -OCH3 is 1. The topological polar surface area (TPSA) is 49.9 Å². The predicted octanol–water partition coefficient (Wildman–Crippen LogP) is 1.62. The average Bonchev–Trinajstić information content (AvgIpc) is 2.92. The number of piperidine rings is 1. The molecule has 2 fully saturated rings. The number of esters is 1. The lowest BCUT2D eigenvalue weighted by molar-refractivity contribution is -0.142. The Bertz CT molecular complexity index is 313. The second kappa shape index (κ2) is 6.07. The molecule has 0 aromatic carbocycles. The van der Waals surface area contributed by atoms with E-state index in [0.717, 1.165) is 51.7 Å². The third-order valence-corrected chi connectivity index (χ3v) is 3.88. The van der Waals surface area contributed by atoms with Crippen LogP contribution >= 0.6 is 0 Å². The van der Waals surface area contributed by atoms with Crippen LogP contribution in [0.3, 0.4) is 0 Å². The number of urea groups is 1. The lowest BCUT2D eigenvalue weighted by Gasteiger charge is -2.37. The zero-order valence-electron chi connectivity index (χ0n) is 11.1. The van der Waals surface area contributed by atoms with Gasteiger partial charge in [0.25, 0.3) is 0 Å². The summed E-state index contributed by atoms with van der Waals surface area (Å²) in [7, 11) is 1.40. The molecule has 5 heteroatoms. The van der Waals surface area contributed by atoms with Crippen molar-refractivity contribution in [1.29, 1.82) is 0 Å². The summed E-state index contributed by atoms with van der Waals surface area (Å²) in [5.41, 5.74) is 0. The smallest absolute Gasteiger partial charge is 0.320 e. The zero-order valence-corrected chi connectivity index (χ0v) is 11.1. The predicted molar refractivity (Wildman–Crippen MR) is 67.2 cm³/mol. The van der Waals surface area contributed by atoms with E-state index >= 15 is 0 Å². The van der Waals surface area contributed by atoms with Gasteiger partial charge in [0.05, 0.1) is 13.5 Å². The molecule has 0 spiro atoms. The van der Waals surface area contributed by atoms with Crippen molar-refractivity contribution in [2.24, 2.45) is 0 Å². The first-order valence-electron chi connectivity index (χ1n) is 6.84. The summed E-state index contributed by atoms with van der Waals surface area (Å²) in [5, 5.41) is 0. The molecule has 0 bridgehead atoms. The van der Waals surface area contributed by atoms with E-state index in [1.54, 1.807) is 0 Å². The van der Waals surface area contributed by atoms with Gasteiger partial charge in [-0.2, -0.15) is 0 Å². The highest BCUT2D eigenvalue weighted by Gasteiger charge is 2.32. The Morgan fingerprint density at radius 3 is 2.44 bits per heavy atom. The average molecular weight is 254 g/mol. The van der Waals surface area contributed by atoms with Crippen LogP contribution in [0.2, 0.25) is 0 Å². The molecule has 0 radical (unpaired) electrons. The molecule has 2 amide bonds. The summed E-state index contributed by atoms with van der Waals surface area (Å²) in [6.07, 6.45) is 5.57. The number of hydrogen-bond donors (Lipinski definition) is 0. The van der Waals surface area contributed by atoms with Crippen molar-refractivity contribution >= 4 is 12.0 Å². The fraction of sp³-hybridized carbons (Fsp3) is 0.846. The van der Waals surface area contributed by atoms with Gasteiger partial charge in [-0.15, -0.1) is 0 Å². The number of likely N-dealkylation sites (tertiary alicyclic amines) is 2. The Hall–Kier alpha value is -1.26. The first-order chi connectivity index (χ1) is 8.72. The Kier molecular flexibility index (Phi) is 4.44. The van der Waals surface area contributed by atoms with Gasteiger partial charge in [-0.05, 0) is 32.1 Å². The number of hydrogen-bond acceptors (Lipinski definition) is 3. The maximum atomic E-state index is 12.4. The number of rotatable bonds is 2. The molecular weight excluding hydrogens is 232 g/mol. The highest BCUT2D eigenvalue weighted by molar-refractivity contribution is 5.77. The van der Waals surface area contributed by atoms with Crippen LogP contribution in [0.4, 0.5) is 4.79 Å². The number of carbonyl (C=O) groups is 2. The molecule has 102 valence electrons. The van der Waals surface area contributed by atoms with Crippen LogP contribution in [0.1, 0.15) is 38.5 Å². The van der Waals surface area contributed by atoms with Crippen molar-refractivity contribution in [2.75, 3.05) is 26.7 Å². The number of carbonyl (C=O) groups excluding carboxylic acids is 2. The first-order valence-corrected chi connectivity index (χ1v) is 6.84. The molecule has 0 saturated carbocycles. The van der Waals surface area contributed by atoms with Crippen molar-refractivity contribution in [3.63, 3.8) is 0 Å². The molecule has 2 heterocycles. The number of ether oxygens (including phenoxy) is 1. The summed E-state index contributed by atoms with van der Waals surface area (Å²) < 4.78 is 4.72. The maximum absolute atomic E-state index is 12.4. The summed E-state index contributed by atoms with van der Waals surface area (Å²) >= 11 is 0. The minimum Gasteiger partial charge on any atom is -0.469 e. The summed E-state index contributed by atoms with van der Waals surface area (Å²) in [6, 6.07) is 0.139. The van der Waals surface area contributed by atoms with E-state index in [1.165, 1.54) is 7.11 Å². The molecule has 2 rings (SSSR count). The van der Waals surface area contributed by atoms with E-state index in [4.69, 9.17) is 4.74 Å². The summed E-state index contributed by atoms with van der Waals surface area (Å²) in [4.78, 5) is 27.6. The summed E-state index contributed by atoms with van der Waals surface area (Å²) in [6.45, 7) is 2.50. The Morgan fingerprint density at radius 2 is 1.78 bits per heavy atom. The van der Waals surface area contributed by atoms with Gasteiger partial charge in [0.15, 0.2) is 0 Å². The van der Waals surface area contributed by atoms with Crippen molar-refractivity contribution in [1.82, 2.24) is 9.80 Å². The Morgan fingerprint density at radius 1 is 1.11 bits per heavy atom. The van der Waals surface area contributed by atoms with Gasteiger partial charge in [0.1, 0.15) is 0 Å². The third kappa shape index (κ3) is 2.94. The minimum atomic E-state index is -0.221. The second-order valence-electron chi connectivity index (χ2n) is 5.10. The molecule has 1 atom stereocenters. The molecule has 0 N–H and O–H groups in total. The van der Waals surface area contributed by atoms with Crippen LogP contribution in [0.15, 0.2) is 0 Å². The molecule has 2 aliphatic heterocycles. The second-order valence-corrected chi connectivity index (χ2v) is 5.10. The number of nitrogens with zero attached hydrogens (tertiary/aromatic N) is 2. The van der Waals surface area contributed by atoms with Gasteiger partial charge in [0.2, 0.25) is 0 Å². The molecule has 2 saturated heterocycles. The molecule has 5 nitrogen and oxygen atoms in total. The Labute approximate surface area is 108 Å². The van der Waals surface area contributed by atoms with Gasteiger partial charge in [-0.3, -0.25) is 4.79 Å². The van der Waals surface area contributed by atoms with Crippen molar-refractivity contribution in [3.8, 4) is 0 Å². The van der Waals surface area contributed by atoms with E-state index in [-0.39, 0.29) is 18.0 Å². The normalized spacial score (nSPS) is 24.2. The molecule has 0 aromatic heterocycles. The fourth-order valence-corrected chi connectivity index (χ4v) is 2.83. The maximum Gasteiger partial charge on any atom is 0.320 e. The molecular formula is C13H22N2O3. The summed E-state index contributed by atoms with van der Waals surface area (Å²) in [5.74, 6) is -0.221. The van der Waals surface area contributed by atoms with E-state index in [2.05, 4.69) is 0 Å². The highest BCUT2D eigenvalue weighted by Crippen LogP contribution is 2.23. The lowest BCUT2D eigenvalue weighted by Crippen LogP contribution is -2.50. The molecule has 0 aliphatic carbocycles. The zero-order chi connectivity index (χ0) is 13.0. The lowest BCUT2D eigenvalue weighted by atomic mass is 10.00. The molecule has 1 unspecified atom stereocenters. The van der Waals surface area contributed by atoms with Crippen molar-refractivity contribution in [2.45, 2.75) is 44.6 Å². The number of amides is 2. The highest BCUT2D eigenvalue weighted by atomic mass is 16.5. The Balaban J connectivity index is 1.97. The van der Waals surface area contributed by atoms with Crippen LogP contribution < -0.4 is 0 Å². The quantitative estimate of drug-likeness (QED) is 0.704. The minimum absolute atomic E-state index is 0.0271. The third-order valence-electron chi connectivity index (χ3n) is 3.88. The largest absolute Gasteiger partial charge is 0.469 e. The van der Waals surface area contributed by atoms with Crippen LogP contribution in [0.25, 0.3) is 0 Å².